The van der Waals surface area contributed by atoms with Crippen molar-refractivity contribution in [3.8, 4) is 0 Å². The Morgan fingerprint density at radius 3 is 2.63 bits per heavy atom. The number of carbonyl (C=O) groups excluding carboxylic acids is 2. The van der Waals surface area contributed by atoms with E-state index in [4.69, 9.17) is 9.47 Å². The zero-order chi connectivity index (χ0) is 14.1. The van der Waals surface area contributed by atoms with Crippen molar-refractivity contribution in [3.63, 3.8) is 0 Å². The van der Waals surface area contributed by atoms with Crippen LogP contribution in [-0.2, 0) is 19.1 Å². The van der Waals surface area contributed by atoms with Gasteiger partial charge in [0.25, 0.3) is 0 Å². The smallest absolute Gasteiger partial charge is 0.307 e. The van der Waals surface area contributed by atoms with Gasteiger partial charge in [-0.3, -0.25) is 14.5 Å². The SMILES string of the molecule is CCOC(=O)CC(NCCN1CCOCC1)C(C)=O. The molecule has 0 radical (unpaired) electrons. The van der Waals surface area contributed by atoms with E-state index in [1.807, 2.05) is 0 Å². The molecule has 1 aliphatic heterocycles. The molecule has 1 unspecified atom stereocenters. The maximum atomic E-state index is 11.5. The van der Waals surface area contributed by atoms with Crippen LogP contribution in [0.25, 0.3) is 0 Å². The van der Waals surface area contributed by atoms with Crippen molar-refractivity contribution < 1.29 is 19.1 Å². The lowest BCUT2D eigenvalue weighted by Gasteiger charge is -2.27. The van der Waals surface area contributed by atoms with Gasteiger partial charge >= 0.3 is 5.97 Å². The summed E-state index contributed by atoms with van der Waals surface area (Å²) < 4.78 is 10.1. The molecule has 0 amide bonds. The topological polar surface area (TPSA) is 67.9 Å². The summed E-state index contributed by atoms with van der Waals surface area (Å²) in [6, 6.07) is -0.444. The van der Waals surface area contributed by atoms with Crippen LogP contribution in [0.5, 0.6) is 0 Å². The molecule has 1 aliphatic rings. The molecule has 0 aromatic carbocycles. The van der Waals surface area contributed by atoms with E-state index in [0.717, 1.165) is 32.8 Å². The molecule has 1 fully saturated rings. The lowest BCUT2D eigenvalue weighted by molar-refractivity contribution is -0.145. The number of rotatable bonds is 8. The summed E-state index contributed by atoms with van der Waals surface area (Å²) in [4.78, 5) is 25.1. The summed E-state index contributed by atoms with van der Waals surface area (Å²) in [5, 5.41) is 3.12. The van der Waals surface area contributed by atoms with Gasteiger partial charge in [-0.25, -0.2) is 0 Å². The number of hydrogen-bond donors (Lipinski definition) is 1. The largest absolute Gasteiger partial charge is 0.466 e. The Morgan fingerprint density at radius 2 is 2.05 bits per heavy atom. The van der Waals surface area contributed by atoms with Crippen molar-refractivity contribution in [2.45, 2.75) is 26.3 Å². The number of esters is 1. The average molecular weight is 272 g/mol. The molecule has 0 spiro atoms. The van der Waals surface area contributed by atoms with Crippen LogP contribution in [0.2, 0.25) is 0 Å². The van der Waals surface area contributed by atoms with E-state index < -0.39 is 6.04 Å². The molecule has 19 heavy (non-hydrogen) atoms. The predicted octanol–water partition coefficient (Wildman–Crippen LogP) is -0.181. The van der Waals surface area contributed by atoms with E-state index in [1.54, 1.807) is 6.92 Å². The standard InChI is InChI=1S/C13H24N2O4/c1-3-19-13(17)10-12(11(2)16)14-4-5-15-6-8-18-9-7-15/h12,14H,3-10H2,1-2H3. The Labute approximate surface area is 114 Å². The number of hydrogen-bond acceptors (Lipinski definition) is 6. The molecule has 1 heterocycles. The highest BCUT2D eigenvalue weighted by molar-refractivity contribution is 5.86. The molecule has 110 valence electrons. The molecule has 0 aliphatic carbocycles. The summed E-state index contributed by atoms with van der Waals surface area (Å²) in [5.74, 6) is -0.364. The first-order chi connectivity index (χ1) is 9.13. The number of carbonyl (C=O) groups is 2. The van der Waals surface area contributed by atoms with Crippen LogP contribution in [0, 0.1) is 0 Å². The normalized spacial score (nSPS) is 18.0. The van der Waals surface area contributed by atoms with Gasteiger partial charge in [-0.1, -0.05) is 0 Å². The van der Waals surface area contributed by atoms with E-state index in [2.05, 4.69) is 10.2 Å². The van der Waals surface area contributed by atoms with E-state index in [9.17, 15) is 9.59 Å². The fraction of sp³-hybridized carbons (Fsp3) is 0.846. The first-order valence-corrected chi connectivity index (χ1v) is 6.83. The Hall–Kier alpha value is -0.980. The number of nitrogens with one attached hydrogen (secondary N) is 1. The lowest BCUT2D eigenvalue weighted by atomic mass is 10.1. The molecule has 0 aromatic heterocycles. The maximum absolute atomic E-state index is 11.5. The molecule has 1 saturated heterocycles. The van der Waals surface area contributed by atoms with Crippen molar-refractivity contribution in [1.82, 2.24) is 10.2 Å². The van der Waals surface area contributed by atoms with Gasteiger partial charge in [-0.2, -0.15) is 0 Å². The molecular formula is C13H24N2O4. The van der Waals surface area contributed by atoms with Gasteiger partial charge in [0.15, 0.2) is 0 Å². The quantitative estimate of drug-likeness (QED) is 0.618. The van der Waals surface area contributed by atoms with Crippen molar-refractivity contribution in [1.29, 1.82) is 0 Å². The highest BCUT2D eigenvalue weighted by Crippen LogP contribution is 1.99. The molecule has 6 nitrogen and oxygen atoms in total. The zero-order valence-electron chi connectivity index (χ0n) is 11.8. The third kappa shape index (κ3) is 6.66. The van der Waals surface area contributed by atoms with E-state index in [1.165, 1.54) is 6.92 Å². The Balaban J connectivity index is 2.24. The van der Waals surface area contributed by atoms with Gasteiger partial charge in [-0.15, -0.1) is 0 Å². The maximum Gasteiger partial charge on any atom is 0.307 e. The number of ketones is 1. The summed E-state index contributed by atoms with van der Waals surface area (Å²) in [5.41, 5.74) is 0. The summed E-state index contributed by atoms with van der Waals surface area (Å²) in [7, 11) is 0. The van der Waals surface area contributed by atoms with Gasteiger partial charge in [0, 0.05) is 26.2 Å². The van der Waals surface area contributed by atoms with Gasteiger partial charge in [0.05, 0.1) is 32.3 Å². The van der Waals surface area contributed by atoms with Crippen LogP contribution in [0.15, 0.2) is 0 Å². The summed E-state index contributed by atoms with van der Waals surface area (Å²) in [6.07, 6.45) is 0.103. The molecule has 0 aromatic rings. The summed E-state index contributed by atoms with van der Waals surface area (Å²) >= 11 is 0. The van der Waals surface area contributed by atoms with Crippen LogP contribution >= 0.6 is 0 Å². The lowest BCUT2D eigenvalue weighted by Crippen LogP contribution is -2.44. The molecule has 1 atom stereocenters. The fourth-order valence-electron chi connectivity index (χ4n) is 1.97. The molecule has 1 rings (SSSR count). The van der Waals surface area contributed by atoms with Crippen LogP contribution in [0.4, 0.5) is 0 Å². The van der Waals surface area contributed by atoms with Crippen molar-refractivity contribution in [2.24, 2.45) is 0 Å². The second-order valence-corrected chi connectivity index (χ2v) is 4.58. The Kier molecular flexibility index (Phi) is 7.62. The minimum absolute atomic E-state index is 0.0324. The third-order valence-electron chi connectivity index (χ3n) is 3.09. The zero-order valence-corrected chi connectivity index (χ0v) is 11.8. The second kappa shape index (κ2) is 9.01. The fourth-order valence-corrected chi connectivity index (χ4v) is 1.97. The van der Waals surface area contributed by atoms with Crippen LogP contribution in [-0.4, -0.2) is 68.7 Å². The molecule has 6 heteroatoms. The molecule has 0 bridgehead atoms. The first kappa shape index (κ1) is 16.1. The number of Topliss-reactive ketones (excluding diaryl/α,β-unsaturated/α-hetero) is 1. The van der Waals surface area contributed by atoms with Gasteiger partial charge < -0.3 is 14.8 Å². The third-order valence-corrected chi connectivity index (χ3v) is 3.09. The molecular weight excluding hydrogens is 248 g/mol. The van der Waals surface area contributed by atoms with Crippen molar-refractivity contribution >= 4 is 11.8 Å². The second-order valence-electron chi connectivity index (χ2n) is 4.58. The first-order valence-electron chi connectivity index (χ1n) is 6.83. The number of nitrogens with zero attached hydrogens (tertiary/aromatic N) is 1. The van der Waals surface area contributed by atoms with E-state index in [-0.39, 0.29) is 18.2 Å². The predicted molar refractivity (Wildman–Crippen MR) is 71.0 cm³/mol. The van der Waals surface area contributed by atoms with Gasteiger partial charge in [0.2, 0.25) is 0 Å². The van der Waals surface area contributed by atoms with Gasteiger partial charge in [-0.05, 0) is 13.8 Å². The van der Waals surface area contributed by atoms with Crippen molar-refractivity contribution in [2.75, 3.05) is 46.0 Å². The van der Waals surface area contributed by atoms with Crippen LogP contribution in [0.3, 0.4) is 0 Å². The average Bonchev–Trinajstić information content (AvgIpc) is 2.39. The summed E-state index contributed by atoms with van der Waals surface area (Å²) in [6.45, 7) is 8.50. The Morgan fingerprint density at radius 1 is 1.37 bits per heavy atom. The Bertz CT molecular complexity index is 290. The molecule has 0 saturated carbocycles. The number of morpholine rings is 1. The van der Waals surface area contributed by atoms with Crippen LogP contribution < -0.4 is 5.32 Å². The highest BCUT2D eigenvalue weighted by Gasteiger charge is 2.19. The molecule has 1 N–H and O–H groups in total. The van der Waals surface area contributed by atoms with Crippen LogP contribution in [0.1, 0.15) is 20.3 Å². The van der Waals surface area contributed by atoms with Gasteiger partial charge in [0.1, 0.15) is 5.78 Å². The van der Waals surface area contributed by atoms with E-state index in [0.29, 0.717) is 13.2 Å². The van der Waals surface area contributed by atoms with Crippen molar-refractivity contribution in [3.05, 3.63) is 0 Å². The number of ether oxygens (including phenoxy) is 2. The van der Waals surface area contributed by atoms with E-state index >= 15 is 0 Å². The highest BCUT2D eigenvalue weighted by atomic mass is 16.5. The monoisotopic (exact) mass is 272 g/mol. The minimum Gasteiger partial charge on any atom is -0.466 e. The minimum atomic E-state index is -0.444.